The van der Waals surface area contributed by atoms with Crippen LogP contribution in [0.2, 0.25) is 0 Å². The molecule has 0 fully saturated rings. The van der Waals surface area contributed by atoms with Gasteiger partial charge in [0.2, 0.25) is 21.8 Å². The van der Waals surface area contributed by atoms with Crippen LogP contribution in [0.25, 0.3) is 0 Å². The number of hydrogen-bond acceptors (Lipinski definition) is 5. The number of sulfonamides is 1. The summed E-state index contributed by atoms with van der Waals surface area (Å²) in [6.45, 7) is 4.87. The summed E-state index contributed by atoms with van der Waals surface area (Å²) in [5, 5.41) is 2.82. The lowest BCUT2D eigenvalue weighted by atomic mass is 10.1. The van der Waals surface area contributed by atoms with Gasteiger partial charge in [-0.1, -0.05) is 25.1 Å². The smallest absolute Gasteiger partial charge is 0.244 e. The van der Waals surface area contributed by atoms with Gasteiger partial charge in [-0.25, -0.2) is 12.8 Å². The maximum absolute atomic E-state index is 13.8. The molecular weight excluding hydrogens is 461 g/mol. The van der Waals surface area contributed by atoms with Crippen molar-refractivity contribution >= 4 is 27.5 Å². The Morgan fingerprint density at radius 1 is 1.12 bits per heavy atom. The van der Waals surface area contributed by atoms with Gasteiger partial charge >= 0.3 is 0 Å². The predicted octanol–water partition coefficient (Wildman–Crippen LogP) is 2.93. The van der Waals surface area contributed by atoms with E-state index >= 15 is 0 Å². The van der Waals surface area contributed by atoms with Crippen molar-refractivity contribution in [3.63, 3.8) is 0 Å². The van der Waals surface area contributed by atoms with Crippen molar-refractivity contribution < 1.29 is 27.1 Å². The molecule has 0 aliphatic heterocycles. The summed E-state index contributed by atoms with van der Waals surface area (Å²) in [6.07, 6.45) is 1.26. The fraction of sp³-hybridized carbons (Fsp3) is 0.417. The molecule has 2 aromatic rings. The molecule has 10 heteroatoms. The van der Waals surface area contributed by atoms with Crippen molar-refractivity contribution in [1.29, 1.82) is 0 Å². The monoisotopic (exact) mass is 493 g/mol. The van der Waals surface area contributed by atoms with Gasteiger partial charge in [0.15, 0.2) is 0 Å². The summed E-state index contributed by atoms with van der Waals surface area (Å²) in [4.78, 5) is 27.8. The predicted molar refractivity (Wildman–Crippen MR) is 129 cm³/mol. The Kier molecular flexibility index (Phi) is 9.43. The Labute approximate surface area is 200 Å². The van der Waals surface area contributed by atoms with E-state index in [2.05, 4.69) is 5.32 Å². The highest BCUT2D eigenvalue weighted by Crippen LogP contribution is 2.21. The zero-order chi connectivity index (χ0) is 25.5. The summed E-state index contributed by atoms with van der Waals surface area (Å²) in [7, 11) is -2.40. The summed E-state index contributed by atoms with van der Waals surface area (Å²) < 4.78 is 44.9. The molecule has 0 aromatic heterocycles. The van der Waals surface area contributed by atoms with Gasteiger partial charge < -0.3 is 15.0 Å². The Bertz CT molecular complexity index is 1110. The molecule has 0 spiro atoms. The molecule has 186 valence electrons. The number of nitrogens with one attached hydrogen (secondary N) is 1. The number of rotatable bonds is 11. The summed E-state index contributed by atoms with van der Waals surface area (Å²) >= 11 is 0. The number of carbonyl (C=O) groups is 2. The largest absolute Gasteiger partial charge is 0.497 e. The van der Waals surface area contributed by atoms with E-state index < -0.39 is 34.3 Å². The lowest BCUT2D eigenvalue weighted by molar-refractivity contribution is -0.140. The maximum atomic E-state index is 13.8. The van der Waals surface area contributed by atoms with E-state index in [4.69, 9.17) is 4.74 Å². The second-order valence-corrected chi connectivity index (χ2v) is 10.1. The summed E-state index contributed by atoms with van der Waals surface area (Å²) in [6, 6.07) is 11.1. The standard InChI is InChI=1S/C24H32FN3O5S/c1-6-22(24(30)26-17(2)3)27(15-18-9-7-12-21(13-18)33-4)23(29)16-28(34(5,31)32)20-11-8-10-19(25)14-20/h7-14,17,22H,6,15-16H2,1-5H3,(H,26,30)/t22-/m0/s1. The van der Waals surface area contributed by atoms with Crippen LogP contribution in [0.1, 0.15) is 32.8 Å². The Balaban J connectivity index is 2.46. The first-order chi connectivity index (χ1) is 16.0. The molecule has 0 aliphatic carbocycles. The van der Waals surface area contributed by atoms with Crippen LogP contribution in [0.15, 0.2) is 48.5 Å². The third-order valence-electron chi connectivity index (χ3n) is 5.08. The highest BCUT2D eigenvalue weighted by atomic mass is 32.2. The molecule has 0 saturated carbocycles. The SMILES string of the molecule is CC[C@@H](C(=O)NC(C)C)N(Cc1cccc(OC)c1)C(=O)CN(c1cccc(F)c1)S(C)(=O)=O. The second-order valence-electron chi connectivity index (χ2n) is 8.21. The highest BCUT2D eigenvalue weighted by molar-refractivity contribution is 7.92. The van der Waals surface area contributed by atoms with Gasteiger partial charge in [-0.2, -0.15) is 0 Å². The number of amides is 2. The van der Waals surface area contributed by atoms with Crippen LogP contribution in [0.5, 0.6) is 5.75 Å². The minimum Gasteiger partial charge on any atom is -0.497 e. The molecule has 0 radical (unpaired) electrons. The van der Waals surface area contributed by atoms with Crippen LogP contribution in [0.4, 0.5) is 10.1 Å². The molecule has 2 rings (SSSR count). The zero-order valence-electron chi connectivity index (χ0n) is 20.1. The number of carbonyl (C=O) groups excluding carboxylic acids is 2. The molecule has 0 aliphatic rings. The highest BCUT2D eigenvalue weighted by Gasteiger charge is 2.32. The number of methoxy groups -OCH3 is 1. The number of benzene rings is 2. The second kappa shape index (κ2) is 11.8. The van der Waals surface area contributed by atoms with Gasteiger partial charge in [0, 0.05) is 12.6 Å². The van der Waals surface area contributed by atoms with Crippen molar-refractivity contribution in [2.75, 3.05) is 24.2 Å². The first kappa shape index (κ1) is 27.1. The average molecular weight is 494 g/mol. The van der Waals surface area contributed by atoms with Crippen molar-refractivity contribution in [3.8, 4) is 5.75 Å². The molecule has 0 bridgehead atoms. The molecule has 0 unspecified atom stereocenters. The Hall–Kier alpha value is -3.14. The molecule has 8 nitrogen and oxygen atoms in total. The van der Waals surface area contributed by atoms with Crippen LogP contribution in [-0.2, 0) is 26.2 Å². The van der Waals surface area contributed by atoms with E-state index in [1.165, 1.54) is 30.2 Å². The minimum atomic E-state index is -3.92. The van der Waals surface area contributed by atoms with E-state index in [1.807, 2.05) is 13.8 Å². The molecule has 34 heavy (non-hydrogen) atoms. The number of hydrogen-bond donors (Lipinski definition) is 1. The van der Waals surface area contributed by atoms with E-state index in [-0.39, 0.29) is 24.2 Å². The van der Waals surface area contributed by atoms with Gasteiger partial charge in [0.25, 0.3) is 0 Å². The van der Waals surface area contributed by atoms with Gasteiger partial charge in [-0.15, -0.1) is 0 Å². The number of anilines is 1. The Morgan fingerprint density at radius 2 is 1.79 bits per heavy atom. The van der Waals surface area contributed by atoms with E-state index in [0.29, 0.717) is 17.7 Å². The fourth-order valence-corrected chi connectivity index (χ4v) is 4.35. The van der Waals surface area contributed by atoms with Crippen LogP contribution in [0, 0.1) is 5.82 Å². The first-order valence-electron chi connectivity index (χ1n) is 10.9. The van der Waals surface area contributed by atoms with Crippen molar-refractivity contribution in [2.45, 2.75) is 45.8 Å². The van der Waals surface area contributed by atoms with Crippen LogP contribution in [-0.4, -0.2) is 57.1 Å². The number of halogens is 1. The average Bonchev–Trinajstić information content (AvgIpc) is 2.76. The molecule has 1 atom stereocenters. The third-order valence-corrected chi connectivity index (χ3v) is 6.22. The van der Waals surface area contributed by atoms with Crippen molar-refractivity contribution in [3.05, 3.63) is 59.9 Å². The normalized spacial score (nSPS) is 12.2. The number of nitrogens with zero attached hydrogens (tertiary/aromatic N) is 2. The molecule has 2 amide bonds. The van der Waals surface area contributed by atoms with Gasteiger partial charge in [-0.05, 0) is 56.2 Å². The topological polar surface area (TPSA) is 96.0 Å². The Morgan fingerprint density at radius 3 is 2.35 bits per heavy atom. The lowest BCUT2D eigenvalue weighted by Crippen LogP contribution is -2.53. The molecule has 1 N–H and O–H groups in total. The molecule has 0 saturated heterocycles. The minimum absolute atomic E-state index is 0.0249. The number of ether oxygens (including phenoxy) is 1. The van der Waals surface area contributed by atoms with Gasteiger partial charge in [0.05, 0.1) is 19.1 Å². The molecule has 2 aromatic carbocycles. The van der Waals surface area contributed by atoms with Crippen LogP contribution in [0.3, 0.4) is 0 Å². The first-order valence-corrected chi connectivity index (χ1v) is 12.8. The quantitative estimate of drug-likeness (QED) is 0.519. The van der Waals surface area contributed by atoms with Crippen molar-refractivity contribution in [1.82, 2.24) is 10.2 Å². The molecular formula is C24H32FN3O5S. The van der Waals surface area contributed by atoms with Crippen LogP contribution >= 0.6 is 0 Å². The fourth-order valence-electron chi connectivity index (χ4n) is 3.51. The van der Waals surface area contributed by atoms with E-state index in [1.54, 1.807) is 31.2 Å². The van der Waals surface area contributed by atoms with E-state index in [9.17, 15) is 22.4 Å². The lowest BCUT2D eigenvalue weighted by Gasteiger charge is -2.33. The van der Waals surface area contributed by atoms with E-state index in [0.717, 1.165) is 16.6 Å². The molecule has 0 heterocycles. The van der Waals surface area contributed by atoms with Gasteiger partial charge in [-0.3, -0.25) is 13.9 Å². The third kappa shape index (κ3) is 7.44. The van der Waals surface area contributed by atoms with Crippen LogP contribution < -0.4 is 14.4 Å². The zero-order valence-corrected chi connectivity index (χ0v) is 20.9. The maximum Gasteiger partial charge on any atom is 0.244 e. The summed E-state index contributed by atoms with van der Waals surface area (Å²) in [5.41, 5.74) is 0.733. The van der Waals surface area contributed by atoms with Crippen molar-refractivity contribution in [2.24, 2.45) is 0 Å². The van der Waals surface area contributed by atoms with Gasteiger partial charge in [0.1, 0.15) is 24.2 Å². The summed E-state index contributed by atoms with van der Waals surface area (Å²) in [5.74, 6) is -0.981.